The number of methoxy groups -OCH3 is 1. The topological polar surface area (TPSA) is 52.8 Å². The number of allylic oxidation sites excluding steroid dienone is 1. The highest BCUT2D eigenvalue weighted by atomic mass is 79.9. The Bertz CT molecular complexity index is 2010. The lowest BCUT2D eigenvalue weighted by Crippen LogP contribution is -2.38. The van der Waals surface area contributed by atoms with E-state index in [0.717, 1.165) is 45.3 Å². The van der Waals surface area contributed by atoms with Gasteiger partial charge in [-0.1, -0.05) is 96.3 Å². The molecule has 5 aromatic rings. The van der Waals surface area contributed by atoms with Gasteiger partial charge in [-0.2, -0.15) is 0 Å². The minimum atomic E-state index is -0.192. The van der Waals surface area contributed by atoms with Gasteiger partial charge >= 0.3 is 0 Å². The fraction of sp³-hybridized carbons (Fsp3) is 0.143. The van der Waals surface area contributed by atoms with E-state index in [1.165, 1.54) is 22.5 Å². The summed E-state index contributed by atoms with van der Waals surface area (Å²) in [4.78, 5) is 19.9. The number of thiazole rings is 1. The van der Waals surface area contributed by atoms with Gasteiger partial charge in [-0.3, -0.25) is 9.36 Å². The molecule has 1 aliphatic carbocycles. The van der Waals surface area contributed by atoms with E-state index in [0.29, 0.717) is 27.4 Å². The molecule has 0 bridgehead atoms. The van der Waals surface area contributed by atoms with Crippen LogP contribution in [0.3, 0.4) is 0 Å². The summed E-state index contributed by atoms with van der Waals surface area (Å²) >= 11 is 5.09. The van der Waals surface area contributed by atoms with Crippen molar-refractivity contribution in [1.82, 2.24) is 4.57 Å². The zero-order chi connectivity index (χ0) is 28.6. The smallest absolute Gasteiger partial charge is 0.271 e. The number of nitrogens with zero attached hydrogens (tertiary/aromatic N) is 2. The van der Waals surface area contributed by atoms with E-state index in [-0.39, 0.29) is 11.6 Å². The Morgan fingerprint density at radius 3 is 2.50 bits per heavy atom. The molecule has 0 unspecified atom stereocenters. The standard InChI is InChI=1S/C35H27BrN2O3S/c1-40-29-19-23(18-28(36)33(29)41-21-22-10-4-2-5-11-22)20-30-34(39)38-32(25-13-6-3-7-14-25)27-17-16-24-12-8-9-15-26(24)31(27)37-35(38)42-30/h2-15,18-20,32H,16-17,21H2,1H3/b30-20+/t32-/m1/s1. The zero-order valence-corrected chi connectivity index (χ0v) is 25.3. The Morgan fingerprint density at radius 1 is 0.976 bits per heavy atom. The normalized spacial score (nSPS) is 15.9. The molecular weight excluding hydrogens is 608 g/mol. The maximum Gasteiger partial charge on any atom is 0.271 e. The zero-order valence-electron chi connectivity index (χ0n) is 22.9. The molecule has 0 saturated heterocycles. The Labute approximate surface area is 255 Å². The number of rotatable bonds is 6. The van der Waals surface area contributed by atoms with Crippen LogP contribution in [0.5, 0.6) is 11.5 Å². The molecule has 42 heavy (non-hydrogen) atoms. The summed E-state index contributed by atoms with van der Waals surface area (Å²) in [7, 11) is 1.62. The highest BCUT2D eigenvalue weighted by Gasteiger charge is 2.32. The van der Waals surface area contributed by atoms with Gasteiger partial charge in [-0.05, 0) is 74.8 Å². The van der Waals surface area contributed by atoms with E-state index in [2.05, 4.69) is 52.3 Å². The molecular formula is C35H27BrN2O3S. The molecule has 1 aromatic heterocycles. The van der Waals surface area contributed by atoms with Crippen molar-refractivity contribution in [2.75, 3.05) is 7.11 Å². The van der Waals surface area contributed by atoms with E-state index < -0.39 is 0 Å². The molecule has 0 saturated carbocycles. The lowest BCUT2D eigenvalue weighted by molar-refractivity contribution is 0.282. The van der Waals surface area contributed by atoms with Gasteiger partial charge in [0.05, 0.1) is 27.9 Å². The van der Waals surface area contributed by atoms with Crippen LogP contribution in [0.2, 0.25) is 0 Å². The fourth-order valence-electron chi connectivity index (χ4n) is 5.80. The summed E-state index contributed by atoms with van der Waals surface area (Å²) < 4.78 is 15.1. The number of benzene rings is 4. The van der Waals surface area contributed by atoms with Crippen molar-refractivity contribution in [2.45, 2.75) is 25.5 Å². The molecule has 7 heteroatoms. The highest BCUT2D eigenvalue weighted by molar-refractivity contribution is 9.10. The molecule has 0 amide bonds. The molecule has 0 radical (unpaired) electrons. The fourth-order valence-corrected chi connectivity index (χ4v) is 7.38. The third kappa shape index (κ3) is 4.82. The van der Waals surface area contributed by atoms with Crippen LogP contribution in [0.1, 0.15) is 40.3 Å². The van der Waals surface area contributed by atoms with Crippen molar-refractivity contribution < 1.29 is 9.47 Å². The SMILES string of the molecule is COc1cc(/C=c2/sc3n(c2=O)[C@H](c2ccccc2)C2=C(N=3)c3ccccc3CC2)cc(Br)c1OCc1ccccc1. The van der Waals surface area contributed by atoms with Gasteiger partial charge in [-0.15, -0.1) is 0 Å². The molecule has 2 heterocycles. The van der Waals surface area contributed by atoms with Gasteiger partial charge in [-0.25, -0.2) is 4.99 Å². The van der Waals surface area contributed by atoms with Crippen molar-refractivity contribution >= 4 is 39.0 Å². The molecule has 5 nitrogen and oxygen atoms in total. The van der Waals surface area contributed by atoms with E-state index in [1.807, 2.05) is 71.3 Å². The first-order valence-corrected chi connectivity index (χ1v) is 15.4. The van der Waals surface area contributed by atoms with Gasteiger partial charge in [0.2, 0.25) is 0 Å². The third-order valence-electron chi connectivity index (χ3n) is 7.76. The molecule has 4 aromatic carbocycles. The lowest BCUT2D eigenvalue weighted by atomic mass is 9.83. The van der Waals surface area contributed by atoms with Crippen LogP contribution in [0, 0.1) is 0 Å². The maximum atomic E-state index is 14.1. The van der Waals surface area contributed by atoms with E-state index in [9.17, 15) is 4.79 Å². The maximum absolute atomic E-state index is 14.1. The molecule has 1 aliphatic heterocycles. The van der Waals surface area contributed by atoms with Crippen molar-refractivity contribution in [3.63, 3.8) is 0 Å². The number of aryl methyl sites for hydroxylation is 1. The average molecular weight is 636 g/mol. The van der Waals surface area contributed by atoms with Crippen LogP contribution in [-0.2, 0) is 13.0 Å². The molecule has 2 aliphatic rings. The Hall–Kier alpha value is -4.20. The predicted molar refractivity (Wildman–Crippen MR) is 171 cm³/mol. The monoisotopic (exact) mass is 634 g/mol. The van der Waals surface area contributed by atoms with Crippen LogP contribution >= 0.6 is 27.3 Å². The Morgan fingerprint density at radius 2 is 1.71 bits per heavy atom. The molecule has 0 fully saturated rings. The van der Waals surface area contributed by atoms with Crippen molar-refractivity contribution in [2.24, 2.45) is 4.99 Å². The number of hydrogen-bond donors (Lipinski definition) is 0. The van der Waals surface area contributed by atoms with Gasteiger partial charge in [0.1, 0.15) is 6.61 Å². The Balaban J connectivity index is 1.33. The second-order valence-electron chi connectivity index (χ2n) is 10.3. The minimum absolute atomic E-state index is 0.0440. The summed E-state index contributed by atoms with van der Waals surface area (Å²) in [5.41, 5.74) is 7.62. The number of halogens is 1. The summed E-state index contributed by atoms with van der Waals surface area (Å²) in [6.07, 6.45) is 3.72. The van der Waals surface area contributed by atoms with Crippen molar-refractivity contribution in [3.8, 4) is 11.5 Å². The number of fused-ring (bicyclic) bond motifs is 3. The van der Waals surface area contributed by atoms with Crippen molar-refractivity contribution in [1.29, 1.82) is 0 Å². The summed E-state index contributed by atoms with van der Waals surface area (Å²) in [5.74, 6) is 1.21. The predicted octanol–water partition coefficient (Wildman–Crippen LogP) is 6.67. The molecule has 208 valence electrons. The number of aromatic nitrogens is 1. The van der Waals surface area contributed by atoms with Crippen molar-refractivity contribution in [3.05, 3.63) is 155 Å². The van der Waals surface area contributed by atoms with Gasteiger partial charge in [0.25, 0.3) is 5.56 Å². The number of ether oxygens (including phenoxy) is 2. The summed E-state index contributed by atoms with van der Waals surface area (Å²) in [5, 5.41) is 0. The second-order valence-corrected chi connectivity index (χ2v) is 12.2. The van der Waals surface area contributed by atoms with Gasteiger partial charge in [0.15, 0.2) is 16.3 Å². The molecule has 1 atom stereocenters. The van der Waals surface area contributed by atoms with Crippen LogP contribution < -0.4 is 24.4 Å². The largest absolute Gasteiger partial charge is 0.493 e. The summed E-state index contributed by atoms with van der Waals surface area (Å²) in [6, 6.07) is 32.4. The average Bonchev–Trinajstić information content (AvgIpc) is 3.34. The van der Waals surface area contributed by atoms with Gasteiger partial charge < -0.3 is 9.47 Å². The first kappa shape index (κ1) is 26.7. The van der Waals surface area contributed by atoms with E-state index >= 15 is 0 Å². The van der Waals surface area contributed by atoms with E-state index in [1.54, 1.807) is 7.11 Å². The molecule has 7 rings (SSSR count). The quantitative estimate of drug-likeness (QED) is 0.210. The van der Waals surface area contributed by atoms with Crippen LogP contribution in [0.4, 0.5) is 0 Å². The highest BCUT2D eigenvalue weighted by Crippen LogP contribution is 2.41. The summed E-state index contributed by atoms with van der Waals surface area (Å²) in [6.45, 7) is 0.418. The first-order valence-electron chi connectivity index (χ1n) is 13.8. The minimum Gasteiger partial charge on any atom is -0.493 e. The Kier molecular flexibility index (Phi) is 7.14. The van der Waals surface area contributed by atoms with Crippen LogP contribution in [-0.4, -0.2) is 11.7 Å². The second kappa shape index (κ2) is 11.2. The first-order chi connectivity index (χ1) is 20.6. The molecule has 0 spiro atoms. The van der Waals surface area contributed by atoms with Crippen LogP contribution in [0.25, 0.3) is 11.8 Å². The third-order valence-corrected chi connectivity index (χ3v) is 9.34. The number of hydrogen-bond acceptors (Lipinski definition) is 5. The lowest BCUT2D eigenvalue weighted by Gasteiger charge is -2.30. The molecule has 0 N–H and O–H groups in total. The van der Waals surface area contributed by atoms with E-state index in [4.69, 9.17) is 14.5 Å². The van der Waals surface area contributed by atoms with Gasteiger partial charge in [0, 0.05) is 5.56 Å². The van der Waals surface area contributed by atoms with Crippen LogP contribution in [0.15, 0.2) is 117 Å².